The van der Waals surface area contributed by atoms with Gasteiger partial charge in [0.05, 0.1) is 25.4 Å². The molecule has 0 saturated heterocycles. The van der Waals surface area contributed by atoms with Gasteiger partial charge in [-0.1, -0.05) is 30.3 Å². The first-order chi connectivity index (χ1) is 7.79. The third-order valence-corrected chi connectivity index (χ3v) is 2.61. The lowest BCUT2D eigenvalue weighted by Crippen LogP contribution is -2.30. The summed E-state index contributed by atoms with van der Waals surface area (Å²) in [5, 5.41) is 3.28. The van der Waals surface area contributed by atoms with Crippen LogP contribution in [0.15, 0.2) is 30.3 Å². The van der Waals surface area contributed by atoms with Crippen LogP contribution in [-0.4, -0.2) is 33.5 Å². The minimum absolute atomic E-state index is 0.127. The maximum absolute atomic E-state index is 5.70. The summed E-state index contributed by atoms with van der Waals surface area (Å²) in [6, 6.07) is 10.5. The molecule has 0 fully saturated rings. The highest BCUT2D eigenvalue weighted by Gasteiger charge is 2.17. The van der Waals surface area contributed by atoms with Crippen LogP contribution in [-0.2, 0) is 9.47 Å². The van der Waals surface area contributed by atoms with Crippen LogP contribution in [0.5, 0.6) is 0 Å². The zero-order valence-corrected chi connectivity index (χ0v) is 10.3. The van der Waals surface area contributed by atoms with Crippen molar-refractivity contribution in [3.63, 3.8) is 0 Å². The Morgan fingerprint density at radius 1 is 1.19 bits per heavy atom. The Balaban J connectivity index is 2.53. The zero-order valence-electron chi connectivity index (χ0n) is 10.3. The van der Waals surface area contributed by atoms with Gasteiger partial charge in [0.1, 0.15) is 0 Å². The van der Waals surface area contributed by atoms with Gasteiger partial charge in [0, 0.05) is 7.11 Å². The number of nitrogens with one attached hydrogen (secondary N) is 1. The number of methoxy groups -OCH3 is 1. The molecule has 0 aliphatic rings. The second-order valence-electron chi connectivity index (χ2n) is 3.75. The number of rotatable bonds is 7. The molecule has 0 aliphatic carbocycles. The highest BCUT2D eigenvalue weighted by Crippen LogP contribution is 2.18. The average Bonchev–Trinajstić information content (AvgIpc) is 2.32. The number of benzene rings is 1. The Morgan fingerprint density at radius 2 is 1.88 bits per heavy atom. The van der Waals surface area contributed by atoms with E-state index in [0.29, 0.717) is 13.2 Å². The molecule has 16 heavy (non-hydrogen) atoms. The fourth-order valence-electron chi connectivity index (χ4n) is 1.75. The standard InChI is InChI=1S/C13H21NO2/c1-11(16-10-9-15-3)13(14-2)12-7-5-4-6-8-12/h4-8,11,13-14H,9-10H2,1-3H3. The maximum atomic E-state index is 5.70. The van der Waals surface area contributed by atoms with Crippen LogP contribution in [0.25, 0.3) is 0 Å². The molecule has 0 heterocycles. The van der Waals surface area contributed by atoms with Crippen molar-refractivity contribution < 1.29 is 9.47 Å². The molecule has 0 aromatic heterocycles. The molecule has 0 bridgehead atoms. The van der Waals surface area contributed by atoms with Gasteiger partial charge >= 0.3 is 0 Å². The highest BCUT2D eigenvalue weighted by molar-refractivity contribution is 5.19. The molecule has 1 aromatic rings. The second kappa shape index (κ2) is 7.39. The first kappa shape index (κ1) is 13.2. The molecule has 90 valence electrons. The molecule has 0 amide bonds. The van der Waals surface area contributed by atoms with Crippen molar-refractivity contribution >= 4 is 0 Å². The Kier molecular flexibility index (Phi) is 6.08. The van der Waals surface area contributed by atoms with Gasteiger partial charge < -0.3 is 14.8 Å². The first-order valence-corrected chi connectivity index (χ1v) is 5.62. The highest BCUT2D eigenvalue weighted by atomic mass is 16.5. The third-order valence-electron chi connectivity index (χ3n) is 2.61. The van der Waals surface area contributed by atoms with E-state index in [-0.39, 0.29) is 12.1 Å². The van der Waals surface area contributed by atoms with E-state index in [1.165, 1.54) is 5.56 Å². The van der Waals surface area contributed by atoms with Gasteiger partial charge in [-0.3, -0.25) is 0 Å². The molecule has 1 aromatic carbocycles. The fraction of sp³-hybridized carbons (Fsp3) is 0.538. The summed E-state index contributed by atoms with van der Waals surface area (Å²) in [6.07, 6.45) is 0.127. The van der Waals surface area contributed by atoms with Crippen molar-refractivity contribution in [1.82, 2.24) is 5.32 Å². The lowest BCUT2D eigenvalue weighted by atomic mass is 10.0. The van der Waals surface area contributed by atoms with Gasteiger partial charge in [0.2, 0.25) is 0 Å². The molecule has 0 radical (unpaired) electrons. The van der Waals surface area contributed by atoms with Crippen molar-refractivity contribution in [2.45, 2.75) is 19.1 Å². The molecule has 0 aliphatic heterocycles. The summed E-state index contributed by atoms with van der Waals surface area (Å²) in [7, 11) is 3.63. The van der Waals surface area contributed by atoms with Crippen molar-refractivity contribution in [3.8, 4) is 0 Å². The molecule has 3 heteroatoms. The zero-order chi connectivity index (χ0) is 11.8. The van der Waals surface area contributed by atoms with E-state index in [1.54, 1.807) is 7.11 Å². The second-order valence-corrected chi connectivity index (χ2v) is 3.75. The van der Waals surface area contributed by atoms with E-state index >= 15 is 0 Å². The summed E-state index contributed by atoms with van der Waals surface area (Å²) in [4.78, 5) is 0. The first-order valence-electron chi connectivity index (χ1n) is 5.62. The Morgan fingerprint density at radius 3 is 2.44 bits per heavy atom. The van der Waals surface area contributed by atoms with Crippen LogP contribution in [0.1, 0.15) is 18.5 Å². The fourth-order valence-corrected chi connectivity index (χ4v) is 1.75. The van der Waals surface area contributed by atoms with Crippen LogP contribution >= 0.6 is 0 Å². The number of ether oxygens (including phenoxy) is 2. The van der Waals surface area contributed by atoms with Gasteiger partial charge in [-0.25, -0.2) is 0 Å². The van der Waals surface area contributed by atoms with Crippen molar-refractivity contribution in [3.05, 3.63) is 35.9 Å². The number of likely N-dealkylation sites (N-methyl/N-ethyl adjacent to an activating group) is 1. The number of hydrogen-bond acceptors (Lipinski definition) is 3. The molecule has 2 atom stereocenters. The van der Waals surface area contributed by atoms with Crippen LogP contribution in [0.2, 0.25) is 0 Å². The van der Waals surface area contributed by atoms with E-state index in [0.717, 1.165) is 0 Å². The van der Waals surface area contributed by atoms with Gasteiger partial charge in [-0.2, -0.15) is 0 Å². The Labute approximate surface area is 97.8 Å². The maximum Gasteiger partial charge on any atom is 0.0742 e. The summed E-state index contributed by atoms with van der Waals surface area (Å²) in [5.74, 6) is 0. The Hall–Kier alpha value is -0.900. The lowest BCUT2D eigenvalue weighted by molar-refractivity contribution is 0.00859. The van der Waals surface area contributed by atoms with Crippen LogP contribution in [0, 0.1) is 0 Å². The van der Waals surface area contributed by atoms with Gasteiger partial charge in [-0.05, 0) is 19.5 Å². The molecular weight excluding hydrogens is 202 g/mol. The van der Waals surface area contributed by atoms with E-state index in [2.05, 4.69) is 24.4 Å². The minimum Gasteiger partial charge on any atom is -0.382 e. The van der Waals surface area contributed by atoms with Crippen LogP contribution < -0.4 is 5.32 Å². The summed E-state index contributed by atoms with van der Waals surface area (Å²) < 4.78 is 10.7. The third kappa shape index (κ3) is 3.93. The molecule has 0 saturated carbocycles. The largest absolute Gasteiger partial charge is 0.382 e. The van der Waals surface area contributed by atoms with Gasteiger partial charge in [0.25, 0.3) is 0 Å². The minimum atomic E-state index is 0.127. The molecular formula is C13H21NO2. The molecule has 1 rings (SSSR count). The molecule has 3 nitrogen and oxygen atoms in total. The van der Waals surface area contributed by atoms with Crippen molar-refractivity contribution in [1.29, 1.82) is 0 Å². The van der Waals surface area contributed by atoms with E-state index in [9.17, 15) is 0 Å². The van der Waals surface area contributed by atoms with Crippen LogP contribution in [0.4, 0.5) is 0 Å². The lowest BCUT2D eigenvalue weighted by Gasteiger charge is -2.24. The van der Waals surface area contributed by atoms with Crippen LogP contribution in [0.3, 0.4) is 0 Å². The molecule has 0 spiro atoms. The predicted octanol–water partition coefficient (Wildman–Crippen LogP) is 2.00. The number of hydrogen-bond donors (Lipinski definition) is 1. The molecule has 2 unspecified atom stereocenters. The summed E-state index contributed by atoms with van der Waals surface area (Å²) in [6.45, 7) is 3.34. The molecule has 1 N–H and O–H groups in total. The summed E-state index contributed by atoms with van der Waals surface area (Å²) >= 11 is 0. The van der Waals surface area contributed by atoms with Gasteiger partial charge in [0.15, 0.2) is 0 Å². The Bertz CT molecular complexity index is 277. The summed E-state index contributed by atoms with van der Waals surface area (Å²) in [5.41, 5.74) is 1.25. The quantitative estimate of drug-likeness (QED) is 0.717. The smallest absolute Gasteiger partial charge is 0.0742 e. The van der Waals surface area contributed by atoms with E-state index in [4.69, 9.17) is 9.47 Å². The normalized spacial score (nSPS) is 14.7. The van der Waals surface area contributed by atoms with E-state index < -0.39 is 0 Å². The SMILES string of the molecule is CNC(c1ccccc1)C(C)OCCOC. The van der Waals surface area contributed by atoms with Gasteiger partial charge in [-0.15, -0.1) is 0 Å². The van der Waals surface area contributed by atoms with E-state index in [1.807, 2.05) is 25.2 Å². The predicted molar refractivity (Wildman–Crippen MR) is 65.5 cm³/mol. The van der Waals surface area contributed by atoms with Crippen molar-refractivity contribution in [2.75, 3.05) is 27.4 Å². The topological polar surface area (TPSA) is 30.5 Å². The van der Waals surface area contributed by atoms with Crippen molar-refractivity contribution in [2.24, 2.45) is 0 Å². The average molecular weight is 223 g/mol. The monoisotopic (exact) mass is 223 g/mol.